The number of hydrogen-bond donors (Lipinski definition) is 2. The maximum absolute atomic E-state index is 12.6. The van der Waals surface area contributed by atoms with Crippen molar-refractivity contribution in [2.45, 2.75) is 53.6 Å². The molecule has 2 aromatic carbocycles. The highest BCUT2D eigenvalue weighted by molar-refractivity contribution is 5.94. The Kier molecular flexibility index (Phi) is 12.3. The van der Waals surface area contributed by atoms with Gasteiger partial charge in [0, 0.05) is 37.9 Å². The molecule has 0 radical (unpaired) electrons. The number of benzene rings is 2. The number of rotatable bonds is 16. The van der Waals surface area contributed by atoms with Crippen molar-refractivity contribution in [1.82, 2.24) is 20.2 Å². The van der Waals surface area contributed by atoms with Crippen LogP contribution in [0.4, 0.5) is 5.69 Å². The molecule has 6 heteroatoms. The van der Waals surface area contributed by atoms with Gasteiger partial charge in [0.25, 0.3) is 5.91 Å². The third-order valence-electron chi connectivity index (χ3n) is 6.27. The second-order valence-electron chi connectivity index (χ2n) is 10.9. The number of nitrogens with zero attached hydrogens (tertiary/aromatic N) is 3. The Morgan fingerprint density at radius 3 is 2.00 bits per heavy atom. The van der Waals surface area contributed by atoms with Crippen LogP contribution < -0.4 is 10.9 Å². The summed E-state index contributed by atoms with van der Waals surface area (Å²) in [6, 6.07) is 23.6. The Balaban J connectivity index is 1.55. The predicted molar refractivity (Wildman–Crippen MR) is 158 cm³/mol. The minimum Gasteiger partial charge on any atom is -0.303 e. The van der Waals surface area contributed by atoms with Gasteiger partial charge in [0.1, 0.15) is 0 Å². The maximum Gasteiger partial charge on any atom is 0.269 e. The topological polar surface area (TPSA) is 60.5 Å². The van der Waals surface area contributed by atoms with Gasteiger partial charge in [-0.05, 0) is 79.7 Å². The SMILES string of the molecule is CC(C)CN(CCCCN(Cc1ccc(C(=O)NNc2ccccc2)cc1)Cc1ccccn1)CC(C)C. The van der Waals surface area contributed by atoms with E-state index in [0.29, 0.717) is 17.4 Å². The molecular formula is C32H45N5O. The molecule has 1 heterocycles. The lowest BCUT2D eigenvalue weighted by Gasteiger charge is -2.27. The molecule has 1 aromatic heterocycles. The quantitative estimate of drug-likeness (QED) is 0.175. The summed E-state index contributed by atoms with van der Waals surface area (Å²) < 4.78 is 0. The molecule has 204 valence electrons. The van der Waals surface area contributed by atoms with Gasteiger partial charge in [0.05, 0.1) is 11.4 Å². The molecule has 0 unspecified atom stereocenters. The Bertz CT molecular complexity index is 1040. The first-order chi connectivity index (χ1) is 18.4. The molecule has 0 aliphatic rings. The normalized spacial score (nSPS) is 11.5. The lowest BCUT2D eigenvalue weighted by molar-refractivity contribution is 0.0962. The third kappa shape index (κ3) is 11.0. The summed E-state index contributed by atoms with van der Waals surface area (Å²) in [5.74, 6) is 1.22. The number of carbonyl (C=O) groups is 1. The monoisotopic (exact) mass is 515 g/mol. The highest BCUT2D eigenvalue weighted by atomic mass is 16.2. The first-order valence-electron chi connectivity index (χ1n) is 13.9. The van der Waals surface area contributed by atoms with Gasteiger partial charge in [-0.25, -0.2) is 0 Å². The van der Waals surface area contributed by atoms with Gasteiger partial charge in [0.2, 0.25) is 0 Å². The van der Waals surface area contributed by atoms with Crippen LogP contribution in [0.15, 0.2) is 79.0 Å². The molecule has 2 N–H and O–H groups in total. The molecule has 3 aromatic rings. The number of hydrazine groups is 1. The molecule has 0 saturated carbocycles. The van der Waals surface area contributed by atoms with E-state index in [1.54, 1.807) is 0 Å². The number of para-hydroxylation sites is 1. The highest BCUT2D eigenvalue weighted by Gasteiger charge is 2.12. The first kappa shape index (κ1) is 29.3. The predicted octanol–water partition coefficient (Wildman–Crippen LogP) is 6.23. The highest BCUT2D eigenvalue weighted by Crippen LogP contribution is 2.13. The van der Waals surface area contributed by atoms with E-state index >= 15 is 0 Å². The summed E-state index contributed by atoms with van der Waals surface area (Å²) in [4.78, 5) is 22.2. The van der Waals surface area contributed by atoms with E-state index in [0.717, 1.165) is 57.1 Å². The van der Waals surface area contributed by atoms with Crippen LogP contribution in [0, 0.1) is 11.8 Å². The summed E-state index contributed by atoms with van der Waals surface area (Å²) in [5, 5.41) is 0. The second kappa shape index (κ2) is 15.9. The summed E-state index contributed by atoms with van der Waals surface area (Å²) >= 11 is 0. The van der Waals surface area contributed by atoms with E-state index in [1.165, 1.54) is 12.0 Å². The van der Waals surface area contributed by atoms with Crippen molar-refractivity contribution >= 4 is 11.6 Å². The fraction of sp³-hybridized carbons (Fsp3) is 0.438. The van der Waals surface area contributed by atoms with E-state index in [4.69, 9.17) is 0 Å². The zero-order valence-electron chi connectivity index (χ0n) is 23.6. The average Bonchev–Trinajstić information content (AvgIpc) is 2.90. The van der Waals surface area contributed by atoms with Crippen molar-refractivity contribution in [3.8, 4) is 0 Å². The van der Waals surface area contributed by atoms with Gasteiger partial charge in [-0.2, -0.15) is 0 Å². The van der Waals surface area contributed by atoms with Crippen LogP contribution >= 0.6 is 0 Å². The summed E-state index contributed by atoms with van der Waals surface area (Å²) in [7, 11) is 0. The first-order valence-corrected chi connectivity index (χ1v) is 13.9. The molecule has 0 aliphatic heterocycles. The van der Waals surface area contributed by atoms with Crippen LogP contribution in [-0.4, -0.2) is 46.9 Å². The van der Waals surface area contributed by atoms with Crippen molar-refractivity contribution in [2.75, 3.05) is 31.6 Å². The van der Waals surface area contributed by atoms with Crippen molar-refractivity contribution in [2.24, 2.45) is 11.8 Å². The third-order valence-corrected chi connectivity index (χ3v) is 6.27. The van der Waals surface area contributed by atoms with Gasteiger partial charge < -0.3 is 4.90 Å². The van der Waals surface area contributed by atoms with Crippen LogP contribution in [0.3, 0.4) is 0 Å². The Morgan fingerprint density at radius 2 is 1.39 bits per heavy atom. The van der Waals surface area contributed by atoms with Gasteiger partial charge in [-0.1, -0.05) is 64.1 Å². The van der Waals surface area contributed by atoms with Crippen molar-refractivity contribution < 1.29 is 4.79 Å². The van der Waals surface area contributed by atoms with Gasteiger partial charge in [-0.3, -0.25) is 25.5 Å². The number of carbonyl (C=O) groups excluding carboxylic acids is 1. The lowest BCUT2D eigenvalue weighted by atomic mass is 10.1. The van der Waals surface area contributed by atoms with E-state index in [-0.39, 0.29) is 5.91 Å². The largest absolute Gasteiger partial charge is 0.303 e. The number of pyridine rings is 1. The Labute approximate surface area is 229 Å². The van der Waals surface area contributed by atoms with E-state index in [1.807, 2.05) is 60.8 Å². The number of anilines is 1. The smallest absolute Gasteiger partial charge is 0.269 e. The number of unbranched alkanes of at least 4 members (excludes halogenated alkanes) is 1. The van der Waals surface area contributed by atoms with Crippen LogP contribution in [-0.2, 0) is 13.1 Å². The molecule has 0 spiro atoms. The molecule has 0 fully saturated rings. The van der Waals surface area contributed by atoms with Gasteiger partial charge in [0.15, 0.2) is 0 Å². The number of nitrogens with one attached hydrogen (secondary N) is 2. The van der Waals surface area contributed by atoms with E-state index in [2.05, 4.69) is 71.5 Å². The van der Waals surface area contributed by atoms with Gasteiger partial charge in [-0.15, -0.1) is 0 Å². The second-order valence-corrected chi connectivity index (χ2v) is 10.9. The fourth-order valence-corrected chi connectivity index (χ4v) is 4.64. The minimum absolute atomic E-state index is 0.155. The molecule has 1 amide bonds. The summed E-state index contributed by atoms with van der Waals surface area (Å²) in [6.45, 7) is 15.3. The minimum atomic E-state index is -0.155. The zero-order chi connectivity index (χ0) is 27.2. The Hall–Kier alpha value is -3.22. The molecule has 0 aliphatic carbocycles. The van der Waals surface area contributed by atoms with Crippen LogP contribution in [0.1, 0.15) is 62.2 Å². The number of aromatic nitrogens is 1. The zero-order valence-corrected chi connectivity index (χ0v) is 23.6. The molecule has 0 atom stereocenters. The average molecular weight is 516 g/mol. The van der Waals surface area contributed by atoms with Gasteiger partial charge >= 0.3 is 0 Å². The standard InChI is InChI=1S/C32H45N5O/c1-26(2)22-36(23-27(3)4)20-10-11-21-37(25-31-14-8-9-19-33-31)24-28-15-17-29(18-16-28)32(38)35-34-30-12-6-5-7-13-30/h5-9,12-19,26-27,34H,10-11,20-25H2,1-4H3,(H,35,38). The molecule has 0 bridgehead atoms. The van der Waals surface area contributed by atoms with Crippen molar-refractivity contribution in [3.05, 3.63) is 95.8 Å². The van der Waals surface area contributed by atoms with Crippen molar-refractivity contribution in [3.63, 3.8) is 0 Å². The summed E-state index contributed by atoms with van der Waals surface area (Å²) in [6.07, 6.45) is 4.19. The molecule has 38 heavy (non-hydrogen) atoms. The van der Waals surface area contributed by atoms with E-state index < -0.39 is 0 Å². The van der Waals surface area contributed by atoms with E-state index in [9.17, 15) is 4.79 Å². The maximum atomic E-state index is 12.6. The lowest BCUT2D eigenvalue weighted by Crippen LogP contribution is -2.33. The molecule has 0 saturated heterocycles. The van der Waals surface area contributed by atoms with Crippen molar-refractivity contribution in [1.29, 1.82) is 0 Å². The summed E-state index contributed by atoms with van der Waals surface area (Å²) in [5.41, 5.74) is 9.46. The van der Waals surface area contributed by atoms with Crippen LogP contribution in [0.25, 0.3) is 0 Å². The number of hydrogen-bond acceptors (Lipinski definition) is 5. The Morgan fingerprint density at radius 1 is 0.763 bits per heavy atom. The fourth-order valence-electron chi connectivity index (χ4n) is 4.64. The molecule has 6 nitrogen and oxygen atoms in total. The van der Waals surface area contributed by atoms with Crippen LogP contribution in [0.2, 0.25) is 0 Å². The number of amides is 1. The molecule has 3 rings (SSSR count). The molecular weight excluding hydrogens is 470 g/mol. The van der Waals surface area contributed by atoms with Crippen LogP contribution in [0.5, 0.6) is 0 Å².